The molecule has 3 atom stereocenters. The highest BCUT2D eigenvalue weighted by Crippen LogP contribution is 2.43. The van der Waals surface area contributed by atoms with Gasteiger partial charge in [0.25, 0.3) is 0 Å². The Bertz CT molecular complexity index is 1850. The summed E-state index contributed by atoms with van der Waals surface area (Å²) in [6.07, 6.45) is 76.9. The second-order valence-electron chi connectivity index (χ2n) is 20.1. The number of allylic oxidation sites excluding steroid dienone is 22. The van der Waals surface area contributed by atoms with E-state index in [0.717, 1.165) is 122 Å². The van der Waals surface area contributed by atoms with Gasteiger partial charge < -0.3 is 24.2 Å². The first kappa shape index (κ1) is 75.6. The Labute approximate surface area is 487 Å². The minimum absolute atomic E-state index is 0.112. The van der Waals surface area contributed by atoms with E-state index in [2.05, 4.69) is 154 Å². The zero-order valence-corrected chi connectivity index (χ0v) is 51.1. The van der Waals surface area contributed by atoms with Crippen molar-refractivity contribution in [3.63, 3.8) is 0 Å². The lowest BCUT2D eigenvalue weighted by Gasteiger charge is -2.21. The minimum atomic E-state index is -4.78. The van der Waals surface area contributed by atoms with Gasteiger partial charge >= 0.3 is 25.7 Å². The second kappa shape index (κ2) is 60.7. The molecule has 80 heavy (non-hydrogen) atoms. The molecule has 0 aromatic heterocycles. The Hall–Kier alpha value is -4.38. The van der Waals surface area contributed by atoms with Crippen LogP contribution in [0.25, 0.3) is 0 Å². The molecule has 0 amide bonds. The molecule has 0 saturated carbocycles. The summed E-state index contributed by atoms with van der Waals surface area (Å²) >= 11 is 0. The number of phosphoric ester groups is 1. The van der Waals surface area contributed by atoms with E-state index in [0.29, 0.717) is 19.3 Å². The molecule has 0 aromatic rings. The zero-order chi connectivity index (χ0) is 58.3. The Balaban J connectivity index is 4.80. The molecule has 454 valence electrons. The van der Waals surface area contributed by atoms with E-state index in [1.165, 1.54) is 57.8 Å². The van der Waals surface area contributed by atoms with E-state index in [4.69, 9.17) is 23.3 Å². The van der Waals surface area contributed by atoms with Crippen LogP contribution in [0.1, 0.15) is 239 Å². The lowest BCUT2D eigenvalue weighted by molar-refractivity contribution is -0.161. The van der Waals surface area contributed by atoms with Gasteiger partial charge in [-0.15, -0.1) is 0 Å². The Morgan fingerprint density at radius 3 is 1.04 bits per heavy atom. The molecule has 0 aliphatic rings. The monoisotopic (exact) mass is 1130 g/mol. The molecule has 0 rings (SSSR count). The number of rotatable bonds is 56. The highest BCUT2D eigenvalue weighted by molar-refractivity contribution is 7.47. The quantitative estimate of drug-likeness (QED) is 0.0197. The highest BCUT2D eigenvalue weighted by atomic mass is 31.2. The molecule has 0 spiro atoms. The summed E-state index contributed by atoms with van der Waals surface area (Å²) in [5.41, 5.74) is 0. The van der Waals surface area contributed by atoms with E-state index in [9.17, 15) is 28.9 Å². The molecule has 2 N–H and O–H groups in total. The number of aliphatic hydroxyl groups excluding tert-OH is 1. The molecule has 0 aliphatic heterocycles. The van der Waals surface area contributed by atoms with Gasteiger partial charge in [-0.2, -0.15) is 0 Å². The molecular formula is C68H111O11P. The van der Waals surface area contributed by atoms with E-state index < -0.39 is 57.8 Å². The van der Waals surface area contributed by atoms with Gasteiger partial charge in [0.15, 0.2) is 6.10 Å². The standard InChI is InChI=1S/C68H111O11P/c1-4-7-10-13-16-19-22-25-28-30-32-34-37-40-43-46-49-52-55-58-67(71)78-64(60-69)62-76-80(73,74)77-63-65(61-75-66(70)57-54-51-48-45-42-39-36-27-24-21-18-15-12-9-6-3)79-68(72)59-56-53-50-47-44-41-38-35-33-31-29-26-23-20-17-14-11-8-5-2/h8-9,11-12,16-21,25-29,33,35-36,41-42,44-45,64-65,69H,4-7,10,13-15,22-24,30-32,34,37-40,43,46-63H2,1-3H3,(H,73,74)/b11-8-,12-9-,19-16-,20-17-,21-18-,28-25-,29-26-,35-33-,36-27-,44-41-,45-42-. The van der Waals surface area contributed by atoms with Crippen LogP contribution in [0.15, 0.2) is 134 Å². The Morgan fingerprint density at radius 2 is 0.650 bits per heavy atom. The van der Waals surface area contributed by atoms with E-state index in [-0.39, 0.29) is 25.9 Å². The molecule has 0 saturated heterocycles. The topological polar surface area (TPSA) is 155 Å². The number of carbonyl (C=O) groups is 3. The maximum absolute atomic E-state index is 12.9. The van der Waals surface area contributed by atoms with Gasteiger partial charge in [0.1, 0.15) is 12.7 Å². The van der Waals surface area contributed by atoms with Crippen molar-refractivity contribution in [2.24, 2.45) is 0 Å². The number of hydrogen-bond acceptors (Lipinski definition) is 10. The maximum Gasteiger partial charge on any atom is 0.472 e. The fraction of sp³-hybridized carbons (Fsp3) is 0.632. The molecule has 3 unspecified atom stereocenters. The van der Waals surface area contributed by atoms with Gasteiger partial charge in [-0.05, 0) is 135 Å². The van der Waals surface area contributed by atoms with Crippen LogP contribution in [0.5, 0.6) is 0 Å². The first-order valence-corrected chi connectivity index (χ1v) is 32.6. The summed E-state index contributed by atoms with van der Waals surface area (Å²) in [6.45, 7) is 4.30. The average Bonchev–Trinajstić information content (AvgIpc) is 3.45. The summed E-state index contributed by atoms with van der Waals surface area (Å²) in [5.74, 6) is -1.57. The number of phosphoric acid groups is 1. The predicted octanol–water partition coefficient (Wildman–Crippen LogP) is 18.9. The molecule has 11 nitrogen and oxygen atoms in total. The summed E-state index contributed by atoms with van der Waals surface area (Å²) in [5, 5.41) is 9.85. The van der Waals surface area contributed by atoms with Crippen LogP contribution in [0.2, 0.25) is 0 Å². The highest BCUT2D eigenvalue weighted by Gasteiger charge is 2.28. The minimum Gasteiger partial charge on any atom is -0.462 e. The van der Waals surface area contributed by atoms with Gasteiger partial charge in [0.05, 0.1) is 19.8 Å². The van der Waals surface area contributed by atoms with Crippen molar-refractivity contribution >= 4 is 25.7 Å². The summed E-state index contributed by atoms with van der Waals surface area (Å²) < 4.78 is 39.6. The van der Waals surface area contributed by atoms with Crippen LogP contribution >= 0.6 is 7.82 Å². The number of hydrogen-bond donors (Lipinski definition) is 2. The van der Waals surface area contributed by atoms with Gasteiger partial charge in [-0.25, -0.2) is 4.57 Å². The first-order valence-electron chi connectivity index (χ1n) is 31.1. The second-order valence-corrected chi connectivity index (χ2v) is 21.6. The fourth-order valence-electron chi connectivity index (χ4n) is 7.87. The predicted molar refractivity (Wildman–Crippen MR) is 334 cm³/mol. The average molecular weight is 1140 g/mol. The molecule has 0 bridgehead atoms. The van der Waals surface area contributed by atoms with Crippen molar-refractivity contribution in [1.82, 2.24) is 0 Å². The van der Waals surface area contributed by atoms with E-state index >= 15 is 0 Å². The van der Waals surface area contributed by atoms with Crippen molar-refractivity contribution in [2.75, 3.05) is 26.4 Å². The maximum atomic E-state index is 12.9. The summed E-state index contributed by atoms with van der Waals surface area (Å²) in [6, 6.07) is 0. The number of aliphatic hydroxyl groups is 1. The molecule has 0 aromatic carbocycles. The summed E-state index contributed by atoms with van der Waals surface area (Å²) in [7, 11) is -4.78. The van der Waals surface area contributed by atoms with Crippen molar-refractivity contribution in [1.29, 1.82) is 0 Å². The molecule has 0 heterocycles. The van der Waals surface area contributed by atoms with Gasteiger partial charge in [0, 0.05) is 19.3 Å². The van der Waals surface area contributed by atoms with Crippen LogP contribution in [0.4, 0.5) is 0 Å². The van der Waals surface area contributed by atoms with Crippen LogP contribution in [0, 0.1) is 0 Å². The van der Waals surface area contributed by atoms with Crippen LogP contribution in [-0.2, 0) is 42.2 Å². The smallest absolute Gasteiger partial charge is 0.462 e. The number of unbranched alkanes of at least 4 members (excludes halogenated alkanes) is 17. The molecule has 0 fully saturated rings. The van der Waals surface area contributed by atoms with Crippen molar-refractivity contribution in [2.45, 2.75) is 251 Å². The fourth-order valence-corrected chi connectivity index (χ4v) is 8.66. The lowest BCUT2D eigenvalue weighted by atomic mass is 10.1. The third-order valence-corrected chi connectivity index (χ3v) is 13.5. The number of carbonyl (C=O) groups excluding carboxylic acids is 3. The molecular weight excluding hydrogens is 1020 g/mol. The van der Waals surface area contributed by atoms with E-state index in [1.54, 1.807) is 0 Å². The van der Waals surface area contributed by atoms with Gasteiger partial charge in [-0.1, -0.05) is 219 Å². The normalized spacial score (nSPS) is 14.2. The van der Waals surface area contributed by atoms with E-state index in [1.807, 2.05) is 0 Å². The number of esters is 3. The zero-order valence-electron chi connectivity index (χ0n) is 50.2. The number of ether oxygens (including phenoxy) is 3. The first-order chi connectivity index (χ1) is 39.2. The van der Waals surface area contributed by atoms with Gasteiger partial charge in [0.2, 0.25) is 0 Å². The molecule has 0 aliphatic carbocycles. The van der Waals surface area contributed by atoms with Crippen molar-refractivity contribution in [3.8, 4) is 0 Å². The third-order valence-electron chi connectivity index (χ3n) is 12.5. The largest absolute Gasteiger partial charge is 0.472 e. The SMILES string of the molecule is CC/C=C\C/C=C\C/C=C\C/C=C\C/C=C\CCCCCC(=O)OC(COC(=O)CCCC/C=C\C/C=C\C/C=C\C/C=C\CC)COP(=O)(O)OCC(CO)OC(=O)CCCCCCCCCCC/C=C\C/C=C\CCCCC. The molecule has 12 heteroatoms. The van der Waals surface area contributed by atoms with Crippen molar-refractivity contribution < 1.29 is 52.2 Å². The van der Waals surface area contributed by atoms with Gasteiger partial charge in [-0.3, -0.25) is 23.4 Å². The Kier molecular flexibility index (Phi) is 57.4. The lowest BCUT2D eigenvalue weighted by Crippen LogP contribution is -2.30. The Morgan fingerprint density at radius 1 is 0.362 bits per heavy atom. The molecule has 0 radical (unpaired) electrons. The van der Waals surface area contributed by atoms with Crippen LogP contribution < -0.4 is 0 Å². The van der Waals surface area contributed by atoms with Crippen molar-refractivity contribution in [3.05, 3.63) is 134 Å². The third kappa shape index (κ3) is 58.3. The van der Waals surface area contributed by atoms with Crippen LogP contribution in [0.3, 0.4) is 0 Å². The summed E-state index contributed by atoms with van der Waals surface area (Å²) in [4.78, 5) is 48.7. The van der Waals surface area contributed by atoms with Crippen LogP contribution in [-0.4, -0.2) is 66.5 Å².